The first-order chi connectivity index (χ1) is 5.83. The molecule has 76 valence electrons. The van der Waals surface area contributed by atoms with Crippen LogP contribution < -0.4 is 0 Å². The van der Waals surface area contributed by atoms with Crippen LogP contribution in [-0.4, -0.2) is 20.5 Å². The van der Waals surface area contributed by atoms with E-state index in [1.165, 1.54) is 12.2 Å². The molecule has 0 rings (SSSR count). The Labute approximate surface area is 78.0 Å². The molecule has 13 heavy (non-hydrogen) atoms. The molecule has 0 radical (unpaired) electrons. The van der Waals surface area contributed by atoms with Crippen LogP contribution in [0.25, 0.3) is 0 Å². The fraction of sp³-hybridized carbons (Fsp3) is 0.500. The molecule has 0 aliphatic carbocycles. The highest BCUT2D eigenvalue weighted by molar-refractivity contribution is 7.86. The first kappa shape index (κ1) is 12.3. The van der Waals surface area contributed by atoms with Gasteiger partial charge in [-0.05, 0) is 0 Å². The normalized spacial score (nSPS) is 12.5. The molecule has 0 saturated carbocycles. The Morgan fingerprint density at radius 3 is 2.00 bits per heavy atom. The van der Waals surface area contributed by atoms with Crippen molar-refractivity contribution in [2.75, 3.05) is 6.26 Å². The molecule has 0 N–H and O–H groups in total. The summed E-state index contributed by atoms with van der Waals surface area (Å²) < 4.78 is 39.1. The van der Waals surface area contributed by atoms with E-state index < -0.39 is 16.0 Å². The summed E-state index contributed by atoms with van der Waals surface area (Å²) in [6, 6.07) is 0. The third-order valence-corrected chi connectivity index (χ3v) is 1.80. The Bertz CT molecular complexity index is 272. The SMILES string of the molecule is C=CCC(F)(CC=C)OS(C)(=O)=O. The van der Waals surface area contributed by atoms with Crippen LogP contribution in [0.1, 0.15) is 12.8 Å². The Kier molecular flexibility index (Phi) is 4.29. The highest BCUT2D eigenvalue weighted by Crippen LogP contribution is 2.25. The van der Waals surface area contributed by atoms with Crippen molar-refractivity contribution in [1.82, 2.24) is 0 Å². The quantitative estimate of drug-likeness (QED) is 0.493. The number of hydrogen-bond donors (Lipinski definition) is 0. The third-order valence-electron chi connectivity index (χ3n) is 1.20. The minimum Gasteiger partial charge on any atom is -0.230 e. The molecule has 0 spiro atoms. The van der Waals surface area contributed by atoms with E-state index in [0.717, 1.165) is 6.26 Å². The van der Waals surface area contributed by atoms with Crippen LogP contribution in [0.5, 0.6) is 0 Å². The molecule has 0 bridgehead atoms. The van der Waals surface area contributed by atoms with Crippen LogP contribution in [0.15, 0.2) is 25.3 Å². The van der Waals surface area contributed by atoms with E-state index in [2.05, 4.69) is 17.3 Å². The summed E-state index contributed by atoms with van der Waals surface area (Å²) in [4.78, 5) is 0. The van der Waals surface area contributed by atoms with Crippen molar-refractivity contribution < 1.29 is 17.0 Å². The van der Waals surface area contributed by atoms with Gasteiger partial charge < -0.3 is 0 Å². The Morgan fingerprint density at radius 2 is 1.77 bits per heavy atom. The fourth-order valence-electron chi connectivity index (χ4n) is 0.854. The molecule has 0 saturated heterocycles. The molecule has 0 aromatic carbocycles. The van der Waals surface area contributed by atoms with Crippen LogP contribution in [0.4, 0.5) is 4.39 Å². The maximum atomic E-state index is 13.5. The Balaban J connectivity index is 4.58. The molecular weight excluding hydrogens is 195 g/mol. The van der Waals surface area contributed by atoms with E-state index in [1.807, 2.05) is 0 Å². The summed E-state index contributed by atoms with van der Waals surface area (Å²) in [5.74, 6) is -2.24. The lowest BCUT2D eigenvalue weighted by Crippen LogP contribution is -2.28. The molecule has 0 unspecified atom stereocenters. The summed E-state index contributed by atoms with van der Waals surface area (Å²) in [5.41, 5.74) is 0. The average molecular weight is 208 g/mol. The van der Waals surface area contributed by atoms with E-state index in [1.54, 1.807) is 0 Å². The molecule has 0 aromatic heterocycles. The number of hydrogen-bond acceptors (Lipinski definition) is 3. The lowest BCUT2D eigenvalue weighted by Gasteiger charge is -2.20. The fourth-order valence-corrected chi connectivity index (χ4v) is 1.53. The Morgan fingerprint density at radius 1 is 1.38 bits per heavy atom. The van der Waals surface area contributed by atoms with Gasteiger partial charge in [0.25, 0.3) is 10.1 Å². The summed E-state index contributed by atoms with van der Waals surface area (Å²) in [6.07, 6.45) is 2.94. The molecule has 0 aliphatic heterocycles. The number of alkyl halides is 1. The first-order valence-electron chi connectivity index (χ1n) is 3.64. The molecule has 0 amide bonds. The van der Waals surface area contributed by atoms with Gasteiger partial charge in [0.15, 0.2) is 0 Å². The minimum absolute atomic E-state index is 0.188. The van der Waals surface area contributed by atoms with Crippen LogP contribution in [-0.2, 0) is 14.3 Å². The Hall–Kier alpha value is -0.680. The smallest absolute Gasteiger partial charge is 0.230 e. The van der Waals surface area contributed by atoms with Gasteiger partial charge in [0, 0.05) is 12.8 Å². The van der Waals surface area contributed by atoms with Gasteiger partial charge in [-0.1, -0.05) is 12.2 Å². The van der Waals surface area contributed by atoms with Crippen LogP contribution in [0.2, 0.25) is 0 Å². The van der Waals surface area contributed by atoms with E-state index in [-0.39, 0.29) is 12.8 Å². The van der Waals surface area contributed by atoms with Gasteiger partial charge >= 0.3 is 0 Å². The van der Waals surface area contributed by atoms with E-state index in [9.17, 15) is 12.8 Å². The lowest BCUT2D eigenvalue weighted by molar-refractivity contribution is -0.0495. The standard InChI is InChI=1S/C8H13FO3S/c1-4-6-8(9,7-5-2)12-13(3,10)11/h4-5H,1-2,6-7H2,3H3. The van der Waals surface area contributed by atoms with Gasteiger partial charge in [0.1, 0.15) is 0 Å². The number of rotatable bonds is 6. The first-order valence-corrected chi connectivity index (χ1v) is 5.46. The van der Waals surface area contributed by atoms with E-state index >= 15 is 0 Å². The van der Waals surface area contributed by atoms with Crippen molar-refractivity contribution in [3.8, 4) is 0 Å². The maximum Gasteiger partial charge on any atom is 0.267 e. The second kappa shape index (κ2) is 4.53. The van der Waals surface area contributed by atoms with Crippen LogP contribution in [0, 0.1) is 0 Å². The molecule has 0 atom stereocenters. The van der Waals surface area contributed by atoms with Gasteiger partial charge in [-0.2, -0.15) is 8.42 Å². The minimum atomic E-state index is -3.80. The zero-order chi connectivity index (χ0) is 10.5. The molecule has 3 nitrogen and oxygen atoms in total. The summed E-state index contributed by atoms with van der Waals surface area (Å²) in [7, 11) is -3.80. The van der Waals surface area contributed by atoms with Crippen molar-refractivity contribution in [2.24, 2.45) is 0 Å². The van der Waals surface area contributed by atoms with Crippen molar-refractivity contribution in [3.05, 3.63) is 25.3 Å². The molecule has 0 heterocycles. The summed E-state index contributed by atoms with van der Waals surface area (Å²) >= 11 is 0. The molecule has 0 fully saturated rings. The zero-order valence-corrected chi connectivity index (χ0v) is 8.31. The predicted molar refractivity (Wildman–Crippen MR) is 49.4 cm³/mol. The van der Waals surface area contributed by atoms with Gasteiger partial charge in [0.2, 0.25) is 5.85 Å². The second-order valence-corrected chi connectivity index (χ2v) is 4.23. The average Bonchev–Trinajstić information content (AvgIpc) is 1.82. The monoisotopic (exact) mass is 208 g/mol. The van der Waals surface area contributed by atoms with E-state index in [4.69, 9.17) is 0 Å². The van der Waals surface area contributed by atoms with Crippen LogP contribution >= 0.6 is 0 Å². The topological polar surface area (TPSA) is 43.4 Å². The van der Waals surface area contributed by atoms with Gasteiger partial charge in [-0.15, -0.1) is 13.2 Å². The maximum absolute atomic E-state index is 13.5. The molecule has 0 aromatic rings. The zero-order valence-electron chi connectivity index (χ0n) is 7.49. The lowest BCUT2D eigenvalue weighted by atomic mass is 10.1. The van der Waals surface area contributed by atoms with Crippen molar-refractivity contribution in [1.29, 1.82) is 0 Å². The largest absolute Gasteiger partial charge is 0.267 e. The van der Waals surface area contributed by atoms with Crippen molar-refractivity contribution in [2.45, 2.75) is 18.7 Å². The molecular formula is C8H13FO3S. The summed E-state index contributed by atoms with van der Waals surface area (Å²) in [6.45, 7) is 6.62. The van der Waals surface area contributed by atoms with Gasteiger partial charge in [-0.3, -0.25) is 0 Å². The van der Waals surface area contributed by atoms with Crippen LogP contribution in [0.3, 0.4) is 0 Å². The second-order valence-electron chi connectivity index (χ2n) is 2.66. The van der Waals surface area contributed by atoms with Gasteiger partial charge in [-0.25, -0.2) is 8.57 Å². The highest BCUT2D eigenvalue weighted by atomic mass is 32.2. The van der Waals surface area contributed by atoms with E-state index in [0.29, 0.717) is 0 Å². The van der Waals surface area contributed by atoms with Gasteiger partial charge in [0.05, 0.1) is 6.26 Å². The summed E-state index contributed by atoms with van der Waals surface area (Å²) in [5, 5.41) is 0. The van der Waals surface area contributed by atoms with Crippen molar-refractivity contribution >= 4 is 10.1 Å². The number of halogens is 1. The molecule has 5 heteroatoms. The molecule has 0 aliphatic rings. The highest BCUT2D eigenvalue weighted by Gasteiger charge is 2.32. The predicted octanol–water partition coefficient (Wildman–Crippen LogP) is 1.78. The van der Waals surface area contributed by atoms with Crippen molar-refractivity contribution in [3.63, 3.8) is 0 Å². The third kappa shape index (κ3) is 5.54.